The van der Waals surface area contributed by atoms with Crippen LogP contribution in [0.4, 0.5) is 11.4 Å². The lowest BCUT2D eigenvalue weighted by Gasteiger charge is -2.29. The van der Waals surface area contributed by atoms with Crippen molar-refractivity contribution in [1.29, 1.82) is 0 Å². The molecule has 0 spiro atoms. The fourth-order valence-corrected chi connectivity index (χ4v) is 7.71. The number of nitrogens with one attached hydrogen (secondary N) is 1. The lowest BCUT2D eigenvalue weighted by atomic mass is 10.1. The van der Waals surface area contributed by atoms with Crippen LogP contribution in [0.5, 0.6) is 0 Å². The highest BCUT2D eigenvalue weighted by atomic mass is 31.2. The molecule has 2 aliphatic rings. The number of hydrogen-bond acceptors (Lipinski definition) is 3. The molecule has 36 heavy (non-hydrogen) atoms. The molecular weight excluding hydrogens is 459 g/mol. The van der Waals surface area contributed by atoms with E-state index >= 15 is 0 Å². The third kappa shape index (κ3) is 5.32. The van der Waals surface area contributed by atoms with E-state index in [9.17, 15) is 4.57 Å². The Morgan fingerprint density at radius 2 is 1.83 bits per heavy atom. The SMILES string of the molecule is C=C(/C=C\C=C/C)P(=O)(C(/C=C\CN1c2ccccc2NC1c1ccccc1)=C/C)C1C=CC=CC1. The zero-order chi connectivity index (χ0) is 25.4. The van der Waals surface area contributed by atoms with E-state index in [0.29, 0.717) is 11.9 Å². The van der Waals surface area contributed by atoms with Gasteiger partial charge in [-0.1, -0.05) is 116 Å². The topological polar surface area (TPSA) is 32.3 Å². The van der Waals surface area contributed by atoms with Crippen LogP contribution in [0.2, 0.25) is 0 Å². The molecule has 0 saturated carbocycles. The molecule has 2 aromatic carbocycles. The highest BCUT2D eigenvalue weighted by Crippen LogP contribution is 2.66. The number of fused-ring (bicyclic) bond motifs is 1. The van der Waals surface area contributed by atoms with Crippen molar-refractivity contribution in [3.63, 3.8) is 0 Å². The number of anilines is 2. The van der Waals surface area contributed by atoms with Crippen LogP contribution in [-0.2, 0) is 4.57 Å². The van der Waals surface area contributed by atoms with Gasteiger partial charge >= 0.3 is 0 Å². The molecule has 4 rings (SSSR count). The van der Waals surface area contributed by atoms with Crippen LogP contribution in [0.25, 0.3) is 0 Å². The van der Waals surface area contributed by atoms with Crippen molar-refractivity contribution in [3.8, 4) is 0 Å². The maximum atomic E-state index is 14.7. The minimum Gasteiger partial charge on any atom is -0.360 e. The van der Waals surface area contributed by atoms with Gasteiger partial charge in [0.25, 0.3) is 0 Å². The molecule has 0 saturated heterocycles. The van der Waals surface area contributed by atoms with E-state index in [2.05, 4.69) is 83.6 Å². The molecule has 1 aliphatic carbocycles. The van der Waals surface area contributed by atoms with E-state index < -0.39 is 7.14 Å². The van der Waals surface area contributed by atoms with E-state index in [1.165, 1.54) is 11.3 Å². The van der Waals surface area contributed by atoms with Crippen LogP contribution in [-0.4, -0.2) is 12.2 Å². The van der Waals surface area contributed by atoms with Crippen LogP contribution < -0.4 is 10.2 Å². The van der Waals surface area contributed by atoms with Gasteiger partial charge in [0, 0.05) is 22.8 Å². The summed E-state index contributed by atoms with van der Waals surface area (Å²) in [5.41, 5.74) is 3.41. The van der Waals surface area contributed by atoms with E-state index in [0.717, 1.165) is 17.4 Å². The molecule has 1 aliphatic heterocycles. The summed E-state index contributed by atoms with van der Waals surface area (Å²) in [6, 6.07) is 18.9. The second-order valence-corrected chi connectivity index (χ2v) is 12.0. The Bertz CT molecular complexity index is 1300. The highest BCUT2D eigenvalue weighted by molar-refractivity contribution is 7.73. The number of benzene rings is 2. The van der Waals surface area contributed by atoms with Crippen LogP contribution >= 0.6 is 7.14 Å². The molecule has 0 bridgehead atoms. The zero-order valence-corrected chi connectivity index (χ0v) is 22.0. The third-order valence-electron chi connectivity index (χ3n) is 6.65. The molecule has 3 nitrogen and oxygen atoms in total. The Balaban J connectivity index is 1.63. The van der Waals surface area contributed by atoms with Crippen molar-refractivity contribution in [2.45, 2.75) is 32.1 Å². The number of rotatable bonds is 9. The Hall–Kier alpha value is -3.55. The summed E-state index contributed by atoms with van der Waals surface area (Å²) in [4.78, 5) is 2.35. The lowest BCUT2D eigenvalue weighted by molar-refractivity contribution is 0.579. The molecule has 4 heteroatoms. The van der Waals surface area contributed by atoms with E-state index in [-0.39, 0.29) is 11.8 Å². The van der Waals surface area contributed by atoms with Crippen molar-refractivity contribution in [1.82, 2.24) is 0 Å². The van der Waals surface area contributed by atoms with Crippen molar-refractivity contribution >= 4 is 18.5 Å². The quantitative estimate of drug-likeness (QED) is 0.279. The second kappa shape index (κ2) is 11.9. The fraction of sp³-hybridized carbons (Fsp3) is 0.188. The normalized spacial score (nSPS) is 21.3. The summed E-state index contributed by atoms with van der Waals surface area (Å²) in [6.07, 6.45) is 22.9. The van der Waals surface area contributed by atoms with E-state index in [1.807, 2.05) is 68.5 Å². The van der Waals surface area contributed by atoms with E-state index in [4.69, 9.17) is 0 Å². The first-order chi connectivity index (χ1) is 17.6. The third-order valence-corrected chi connectivity index (χ3v) is 10.1. The molecule has 3 unspecified atom stereocenters. The molecule has 0 radical (unpaired) electrons. The second-order valence-electron chi connectivity index (χ2n) is 8.89. The summed E-state index contributed by atoms with van der Waals surface area (Å²) >= 11 is 0. The lowest BCUT2D eigenvalue weighted by Crippen LogP contribution is -2.28. The Morgan fingerprint density at radius 1 is 1.06 bits per heavy atom. The molecule has 2 aromatic rings. The molecule has 0 amide bonds. The summed E-state index contributed by atoms with van der Waals surface area (Å²) < 4.78 is 14.7. The minimum absolute atomic E-state index is 0.0410. The van der Waals surface area contributed by atoms with Gasteiger partial charge in [-0.05, 0) is 38.0 Å². The monoisotopic (exact) mass is 494 g/mol. The van der Waals surface area contributed by atoms with Gasteiger partial charge in [-0.3, -0.25) is 0 Å². The van der Waals surface area contributed by atoms with Gasteiger partial charge in [-0.2, -0.15) is 0 Å². The van der Waals surface area contributed by atoms with Gasteiger partial charge < -0.3 is 14.8 Å². The first kappa shape index (κ1) is 25.5. The summed E-state index contributed by atoms with van der Waals surface area (Å²) in [5.74, 6) is 0. The van der Waals surface area contributed by atoms with E-state index in [1.54, 1.807) is 0 Å². The molecule has 1 N–H and O–H groups in total. The Labute approximate surface area is 216 Å². The predicted octanol–water partition coefficient (Wildman–Crippen LogP) is 8.97. The van der Waals surface area contributed by atoms with Crippen molar-refractivity contribution in [2.75, 3.05) is 16.8 Å². The summed E-state index contributed by atoms with van der Waals surface area (Å²) in [6.45, 7) is 8.89. The zero-order valence-electron chi connectivity index (χ0n) is 21.1. The Morgan fingerprint density at radius 3 is 2.56 bits per heavy atom. The van der Waals surface area contributed by atoms with Gasteiger partial charge in [0.05, 0.1) is 11.4 Å². The molecular formula is C32H35N2OP. The summed E-state index contributed by atoms with van der Waals surface area (Å²) in [7, 11) is -2.95. The van der Waals surface area contributed by atoms with Crippen LogP contribution in [0.3, 0.4) is 0 Å². The van der Waals surface area contributed by atoms with Crippen molar-refractivity contribution < 1.29 is 4.57 Å². The molecule has 184 valence electrons. The van der Waals surface area contributed by atoms with Crippen LogP contribution in [0, 0.1) is 0 Å². The van der Waals surface area contributed by atoms with Crippen LogP contribution in [0.1, 0.15) is 32.0 Å². The Kier molecular flexibility index (Phi) is 8.46. The molecule has 3 atom stereocenters. The van der Waals surface area contributed by atoms with Gasteiger partial charge in [0.1, 0.15) is 13.3 Å². The number of nitrogens with zero attached hydrogens (tertiary/aromatic N) is 1. The average molecular weight is 495 g/mol. The first-order valence-corrected chi connectivity index (χ1v) is 14.3. The number of hydrogen-bond donors (Lipinski definition) is 1. The number of para-hydroxylation sites is 2. The highest BCUT2D eigenvalue weighted by Gasteiger charge is 2.35. The predicted molar refractivity (Wildman–Crippen MR) is 157 cm³/mol. The number of allylic oxidation sites excluding steroid dienone is 12. The maximum Gasteiger partial charge on any atom is 0.149 e. The van der Waals surface area contributed by atoms with Gasteiger partial charge in [0.15, 0.2) is 0 Å². The molecule has 1 heterocycles. The van der Waals surface area contributed by atoms with Gasteiger partial charge in [-0.15, -0.1) is 0 Å². The maximum absolute atomic E-state index is 14.7. The van der Waals surface area contributed by atoms with Gasteiger partial charge in [-0.25, -0.2) is 0 Å². The smallest absolute Gasteiger partial charge is 0.149 e. The fourth-order valence-electron chi connectivity index (χ4n) is 4.79. The first-order valence-electron chi connectivity index (χ1n) is 12.5. The average Bonchev–Trinajstić information content (AvgIpc) is 3.30. The van der Waals surface area contributed by atoms with Crippen molar-refractivity contribution in [2.24, 2.45) is 0 Å². The van der Waals surface area contributed by atoms with Gasteiger partial charge in [0.2, 0.25) is 0 Å². The molecule has 0 aromatic heterocycles. The standard InChI is InChI=1S/C32H35N2OP/c1-4-6-9-17-26(3)36(35,29-20-12-8-13-21-29)28(5-2)22-16-25-34-31-24-15-14-23-30(31)33-32(34)27-18-10-7-11-19-27/h4-20,22-24,29,32-33H,3,21,25H2,1-2H3/b6-4-,17-9-,22-16-,28-5+. The molecule has 0 fully saturated rings. The summed E-state index contributed by atoms with van der Waals surface area (Å²) in [5, 5.41) is 5.18. The minimum atomic E-state index is -2.95. The van der Waals surface area contributed by atoms with Crippen molar-refractivity contribution in [3.05, 3.63) is 144 Å². The van der Waals surface area contributed by atoms with Crippen LogP contribution in [0.15, 0.2) is 139 Å². The largest absolute Gasteiger partial charge is 0.360 e.